The zero-order valence-corrected chi connectivity index (χ0v) is 11.2. The lowest BCUT2D eigenvalue weighted by atomic mass is 10.1. The topological polar surface area (TPSA) is 95.7 Å². The van der Waals surface area contributed by atoms with E-state index in [9.17, 15) is 9.59 Å². The lowest BCUT2D eigenvalue weighted by molar-refractivity contribution is -0.136. The van der Waals surface area contributed by atoms with Crippen LogP contribution in [0.5, 0.6) is 0 Å². The Balaban J connectivity index is 2.03. The number of nitrogens with two attached hydrogens (primary N) is 1. The Morgan fingerprint density at radius 1 is 1.40 bits per heavy atom. The van der Waals surface area contributed by atoms with E-state index in [2.05, 4.69) is 5.32 Å². The number of likely N-dealkylation sites (tertiary alicyclic amines) is 1. The SMILES string of the molecule is NCC1CCN(C(=O)Nc2ccccc2CC(=O)O)C1. The standard InChI is InChI=1S/C14H19N3O3/c15-8-10-5-6-17(9-10)14(20)16-12-4-2-1-3-11(12)7-13(18)19/h1-4,10H,5-9,15H2,(H,16,20)(H,18,19). The Morgan fingerprint density at radius 2 is 2.15 bits per heavy atom. The third-order valence-corrected chi connectivity index (χ3v) is 3.51. The average molecular weight is 277 g/mol. The van der Waals surface area contributed by atoms with E-state index < -0.39 is 5.97 Å². The minimum Gasteiger partial charge on any atom is -0.481 e. The number of hydrogen-bond donors (Lipinski definition) is 3. The van der Waals surface area contributed by atoms with Crippen molar-refractivity contribution in [3.63, 3.8) is 0 Å². The van der Waals surface area contributed by atoms with Crippen molar-refractivity contribution in [2.45, 2.75) is 12.8 Å². The van der Waals surface area contributed by atoms with Crippen molar-refractivity contribution in [1.29, 1.82) is 0 Å². The highest BCUT2D eigenvalue weighted by molar-refractivity contribution is 5.91. The lowest BCUT2D eigenvalue weighted by Gasteiger charge is -2.18. The van der Waals surface area contributed by atoms with Crippen LogP contribution < -0.4 is 11.1 Å². The molecule has 0 saturated carbocycles. The summed E-state index contributed by atoms with van der Waals surface area (Å²) in [6.07, 6.45) is 0.808. The normalized spacial score (nSPS) is 18.1. The molecule has 6 nitrogen and oxygen atoms in total. The summed E-state index contributed by atoms with van der Waals surface area (Å²) in [7, 11) is 0. The molecule has 0 spiro atoms. The quantitative estimate of drug-likeness (QED) is 0.768. The van der Waals surface area contributed by atoms with Crippen molar-refractivity contribution in [2.24, 2.45) is 11.7 Å². The molecular weight excluding hydrogens is 258 g/mol. The second-order valence-electron chi connectivity index (χ2n) is 4.99. The molecule has 2 rings (SSSR count). The van der Waals surface area contributed by atoms with E-state index in [1.807, 2.05) is 0 Å². The lowest BCUT2D eigenvalue weighted by Crippen LogP contribution is -2.34. The fourth-order valence-electron chi connectivity index (χ4n) is 2.36. The van der Waals surface area contributed by atoms with Crippen molar-refractivity contribution in [3.05, 3.63) is 29.8 Å². The number of rotatable bonds is 4. The van der Waals surface area contributed by atoms with Crippen LogP contribution in [-0.4, -0.2) is 41.6 Å². The smallest absolute Gasteiger partial charge is 0.321 e. The first-order valence-electron chi connectivity index (χ1n) is 6.66. The Bertz CT molecular complexity index is 504. The van der Waals surface area contributed by atoms with Gasteiger partial charge in [0.1, 0.15) is 0 Å². The van der Waals surface area contributed by atoms with E-state index >= 15 is 0 Å². The predicted molar refractivity (Wildman–Crippen MR) is 75.5 cm³/mol. The van der Waals surface area contributed by atoms with Gasteiger partial charge in [-0.3, -0.25) is 4.79 Å². The largest absolute Gasteiger partial charge is 0.481 e. The van der Waals surface area contributed by atoms with Crippen LogP contribution in [0.1, 0.15) is 12.0 Å². The molecule has 1 aliphatic rings. The van der Waals surface area contributed by atoms with Gasteiger partial charge in [-0.05, 0) is 30.5 Å². The molecule has 0 aromatic heterocycles. The molecule has 108 valence electrons. The monoisotopic (exact) mass is 277 g/mol. The molecule has 6 heteroatoms. The maximum atomic E-state index is 12.1. The number of carbonyl (C=O) groups excluding carboxylic acids is 1. The van der Waals surface area contributed by atoms with Crippen molar-refractivity contribution >= 4 is 17.7 Å². The van der Waals surface area contributed by atoms with Crippen molar-refractivity contribution in [1.82, 2.24) is 4.90 Å². The molecule has 0 radical (unpaired) electrons. The number of nitrogens with one attached hydrogen (secondary N) is 1. The number of amides is 2. The predicted octanol–water partition coefficient (Wildman–Crippen LogP) is 1.13. The summed E-state index contributed by atoms with van der Waals surface area (Å²) >= 11 is 0. The van der Waals surface area contributed by atoms with Crippen LogP contribution in [0, 0.1) is 5.92 Å². The Hall–Kier alpha value is -2.08. The Kier molecular flexibility index (Phi) is 4.57. The summed E-state index contributed by atoms with van der Waals surface area (Å²) in [6.45, 7) is 1.93. The molecule has 1 unspecified atom stereocenters. The van der Waals surface area contributed by atoms with Crippen LogP contribution >= 0.6 is 0 Å². The zero-order valence-electron chi connectivity index (χ0n) is 11.2. The van der Waals surface area contributed by atoms with Gasteiger partial charge in [-0.25, -0.2) is 4.79 Å². The Labute approximate surface area is 117 Å². The number of nitrogens with zero attached hydrogens (tertiary/aromatic N) is 1. The van der Waals surface area contributed by atoms with Gasteiger partial charge in [0.05, 0.1) is 6.42 Å². The number of hydrogen-bond acceptors (Lipinski definition) is 3. The van der Waals surface area contributed by atoms with Gasteiger partial charge in [0.25, 0.3) is 0 Å². The fourth-order valence-corrected chi connectivity index (χ4v) is 2.36. The van der Waals surface area contributed by atoms with E-state index in [0.29, 0.717) is 36.8 Å². The van der Waals surface area contributed by atoms with Gasteiger partial charge in [0.15, 0.2) is 0 Å². The van der Waals surface area contributed by atoms with E-state index in [4.69, 9.17) is 10.8 Å². The molecule has 1 saturated heterocycles. The van der Waals surface area contributed by atoms with Crippen LogP contribution in [0.4, 0.5) is 10.5 Å². The van der Waals surface area contributed by atoms with Crippen LogP contribution in [-0.2, 0) is 11.2 Å². The molecule has 1 aliphatic heterocycles. The summed E-state index contributed by atoms with van der Waals surface area (Å²) in [4.78, 5) is 24.7. The first-order chi connectivity index (χ1) is 9.60. The zero-order chi connectivity index (χ0) is 14.5. The second kappa shape index (κ2) is 6.38. The number of para-hydroxylation sites is 1. The number of urea groups is 1. The minimum absolute atomic E-state index is 0.109. The second-order valence-corrected chi connectivity index (χ2v) is 4.99. The van der Waals surface area contributed by atoms with Gasteiger partial charge < -0.3 is 21.1 Å². The van der Waals surface area contributed by atoms with Crippen LogP contribution in [0.25, 0.3) is 0 Å². The molecule has 4 N–H and O–H groups in total. The highest BCUT2D eigenvalue weighted by atomic mass is 16.4. The van der Waals surface area contributed by atoms with Gasteiger partial charge in [-0.1, -0.05) is 18.2 Å². The van der Waals surface area contributed by atoms with Crippen molar-refractivity contribution in [2.75, 3.05) is 25.0 Å². The number of carboxylic acid groups (broad SMARTS) is 1. The number of benzene rings is 1. The summed E-state index contributed by atoms with van der Waals surface area (Å²) < 4.78 is 0. The van der Waals surface area contributed by atoms with Crippen LogP contribution in [0.2, 0.25) is 0 Å². The highest BCUT2D eigenvalue weighted by Gasteiger charge is 2.25. The summed E-state index contributed by atoms with van der Waals surface area (Å²) in [5.41, 5.74) is 6.76. The maximum absolute atomic E-state index is 12.1. The molecule has 2 amide bonds. The Morgan fingerprint density at radius 3 is 2.80 bits per heavy atom. The first kappa shape index (κ1) is 14.3. The molecule has 1 aromatic rings. The summed E-state index contributed by atoms with van der Waals surface area (Å²) in [5.74, 6) is -0.564. The average Bonchev–Trinajstić information content (AvgIpc) is 2.89. The van der Waals surface area contributed by atoms with E-state index in [1.54, 1.807) is 29.2 Å². The molecule has 0 bridgehead atoms. The van der Waals surface area contributed by atoms with Crippen LogP contribution in [0.15, 0.2) is 24.3 Å². The third-order valence-electron chi connectivity index (χ3n) is 3.51. The number of carboxylic acids is 1. The van der Waals surface area contributed by atoms with E-state index in [-0.39, 0.29) is 12.5 Å². The highest BCUT2D eigenvalue weighted by Crippen LogP contribution is 2.19. The number of carbonyl (C=O) groups is 2. The first-order valence-corrected chi connectivity index (χ1v) is 6.66. The summed E-state index contributed by atoms with van der Waals surface area (Å²) in [5, 5.41) is 11.7. The number of anilines is 1. The van der Waals surface area contributed by atoms with E-state index in [0.717, 1.165) is 6.42 Å². The molecular formula is C14H19N3O3. The molecule has 1 atom stereocenters. The molecule has 1 fully saturated rings. The molecule has 1 heterocycles. The summed E-state index contributed by atoms with van der Waals surface area (Å²) in [6, 6.07) is 6.75. The van der Waals surface area contributed by atoms with Gasteiger partial charge in [-0.2, -0.15) is 0 Å². The fraction of sp³-hybridized carbons (Fsp3) is 0.429. The van der Waals surface area contributed by atoms with E-state index in [1.165, 1.54) is 0 Å². The molecule has 20 heavy (non-hydrogen) atoms. The minimum atomic E-state index is -0.920. The molecule has 0 aliphatic carbocycles. The third kappa shape index (κ3) is 3.48. The number of aliphatic carboxylic acids is 1. The van der Waals surface area contributed by atoms with Gasteiger partial charge in [-0.15, -0.1) is 0 Å². The van der Waals surface area contributed by atoms with Crippen molar-refractivity contribution < 1.29 is 14.7 Å². The molecule has 1 aromatic carbocycles. The van der Waals surface area contributed by atoms with Gasteiger partial charge >= 0.3 is 12.0 Å². The van der Waals surface area contributed by atoms with Gasteiger partial charge in [0, 0.05) is 18.8 Å². The maximum Gasteiger partial charge on any atom is 0.321 e. The van der Waals surface area contributed by atoms with Crippen molar-refractivity contribution in [3.8, 4) is 0 Å². The van der Waals surface area contributed by atoms with Gasteiger partial charge in [0.2, 0.25) is 0 Å². The van der Waals surface area contributed by atoms with Crippen LogP contribution in [0.3, 0.4) is 0 Å².